The van der Waals surface area contributed by atoms with Crippen LogP contribution in [0.1, 0.15) is 27.0 Å². The van der Waals surface area contributed by atoms with E-state index in [-0.39, 0.29) is 10.2 Å². The fraction of sp³-hybridized carbons (Fsp3) is 0.0800. The normalized spacial score (nSPS) is 14.6. The summed E-state index contributed by atoms with van der Waals surface area (Å²) in [7, 11) is 0. The Balaban J connectivity index is 1.50. The fourth-order valence-electron chi connectivity index (χ4n) is 3.13. The Morgan fingerprint density at radius 3 is 2.55 bits per heavy atom. The van der Waals surface area contributed by atoms with Crippen molar-refractivity contribution < 1.29 is 14.3 Å². The molecule has 4 rings (SSSR count). The molecule has 0 aliphatic carbocycles. The number of hydrazine groups is 1. The molecule has 1 heterocycles. The van der Waals surface area contributed by atoms with Crippen LogP contribution in [0.15, 0.2) is 82.2 Å². The van der Waals surface area contributed by atoms with E-state index >= 15 is 0 Å². The number of hydrogen-bond donors (Lipinski definition) is 1. The van der Waals surface area contributed by atoms with Crippen LogP contribution in [0.25, 0.3) is 6.08 Å². The van der Waals surface area contributed by atoms with Gasteiger partial charge in [0.1, 0.15) is 12.4 Å². The molecule has 0 bridgehead atoms. The van der Waals surface area contributed by atoms with Crippen molar-refractivity contribution in [1.82, 2.24) is 10.4 Å². The summed E-state index contributed by atoms with van der Waals surface area (Å²) in [5.41, 5.74) is 6.01. The van der Waals surface area contributed by atoms with Crippen molar-refractivity contribution in [3.05, 3.63) is 104 Å². The second-order valence-corrected chi connectivity index (χ2v) is 9.81. The SMILES string of the molecule is Cc1ccccc1COc1ccccc1/C=C1/SC(=S)N(NC(=O)c2ccc(Br)cc2)C1=O. The van der Waals surface area contributed by atoms with Crippen molar-refractivity contribution >= 4 is 62.1 Å². The molecule has 33 heavy (non-hydrogen) atoms. The van der Waals surface area contributed by atoms with Crippen molar-refractivity contribution in [3.8, 4) is 5.75 Å². The third kappa shape index (κ3) is 5.52. The Hall–Kier alpha value is -2.94. The predicted molar refractivity (Wildman–Crippen MR) is 139 cm³/mol. The molecule has 166 valence electrons. The summed E-state index contributed by atoms with van der Waals surface area (Å²) in [4.78, 5) is 25.9. The quantitative estimate of drug-likeness (QED) is 0.313. The van der Waals surface area contributed by atoms with Gasteiger partial charge in [0.2, 0.25) is 0 Å². The molecule has 2 amide bonds. The molecule has 0 radical (unpaired) electrons. The molecule has 1 aliphatic heterocycles. The van der Waals surface area contributed by atoms with Crippen LogP contribution >= 0.6 is 39.9 Å². The topological polar surface area (TPSA) is 58.6 Å². The first-order valence-electron chi connectivity index (χ1n) is 10.0. The molecule has 0 spiro atoms. The smallest absolute Gasteiger partial charge is 0.285 e. The van der Waals surface area contributed by atoms with E-state index in [0.29, 0.717) is 22.8 Å². The van der Waals surface area contributed by atoms with Gasteiger partial charge in [0.05, 0.1) is 4.91 Å². The van der Waals surface area contributed by atoms with Crippen LogP contribution in [0.2, 0.25) is 0 Å². The first-order chi connectivity index (χ1) is 15.9. The second-order valence-electron chi connectivity index (χ2n) is 7.22. The summed E-state index contributed by atoms with van der Waals surface area (Å²) in [5.74, 6) is -0.142. The predicted octanol–water partition coefficient (Wildman–Crippen LogP) is 5.88. The zero-order valence-electron chi connectivity index (χ0n) is 17.6. The molecule has 0 atom stereocenters. The lowest BCUT2D eigenvalue weighted by Gasteiger charge is -2.15. The van der Waals surface area contributed by atoms with Crippen LogP contribution in [0.5, 0.6) is 5.75 Å². The summed E-state index contributed by atoms with van der Waals surface area (Å²) in [5, 5.41) is 1.10. The fourth-order valence-corrected chi connectivity index (χ4v) is 4.57. The maximum absolute atomic E-state index is 13.0. The zero-order valence-corrected chi connectivity index (χ0v) is 20.8. The second kappa shape index (κ2) is 10.3. The molecule has 5 nitrogen and oxygen atoms in total. The lowest BCUT2D eigenvalue weighted by Crippen LogP contribution is -2.44. The Morgan fingerprint density at radius 1 is 1.09 bits per heavy atom. The number of amides is 2. The molecular formula is C25H19BrN2O3S2. The molecule has 1 fully saturated rings. The number of aryl methyl sites for hydroxylation is 1. The Labute approximate surface area is 209 Å². The number of thiocarbonyl (C=S) groups is 1. The largest absolute Gasteiger partial charge is 0.488 e. The first kappa shape index (κ1) is 23.2. The number of rotatable bonds is 6. The minimum atomic E-state index is -0.415. The van der Waals surface area contributed by atoms with Crippen LogP contribution in [-0.4, -0.2) is 21.1 Å². The van der Waals surface area contributed by atoms with Crippen molar-refractivity contribution in [1.29, 1.82) is 0 Å². The molecule has 0 saturated carbocycles. The van der Waals surface area contributed by atoms with E-state index in [1.807, 2.05) is 55.5 Å². The number of ether oxygens (including phenoxy) is 1. The number of carbonyl (C=O) groups excluding carboxylic acids is 2. The van der Waals surface area contributed by atoms with Crippen molar-refractivity contribution in [3.63, 3.8) is 0 Å². The highest BCUT2D eigenvalue weighted by Gasteiger charge is 2.34. The van der Waals surface area contributed by atoms with Gasteiger partial charge in [0.25, 0.3) is 11.8 Å². The minimum absolute atomic E-state index is 0.259. The van der Waals surface area contributed by atoms with Crippen LogP contribution < -0.4 is 10.2 Å². The van der Waals surface area contributed by atoms with Gasteiger partial charge in [-0.15, -0.1) is 0 Å². The van der Waals surface area contributed by atoms with Gasteiger partial charge in [-0.2, -0.15) is 5.01 Å². The highest BCUT2D eigenvalue weighted by Crippen LogP contribution is 2.33. The Bertz CT molecular complexity index is 1260. The third-order valence-corrected chi connectivity index (χ3v) is 6.79. The summed E-state index contributed by atoms with van der Waals surface area (Å²) in [6.07, 6.45) is 1.73. The monoisotopic (exact) mass is 538 g/mol. The maximum atomic E-state index is 13.0. The number of nitrogens with one attached hydrogen (secondary N) is 1. The summed E-state index contributed by atoms with van der Waals surface area (Å²) < 4.78 is 7.17. The lowest BCUT2D eigenvalue weighted by molar-refractivity contribution is -0.123. The number of hydrogen-bond acceptors (Lipinski definition) is 5. The van der Waals surface area contributed by atoms with Crippen molar-refractivity contribution in [2.24, 2.45) is 0 Å². The summed E-state index contributed by atoms with van der Waals surface area (Å²) in [6, 6.07) is 22.4. The lowest BCUT2D eigenvalue weighted by atomic mass is 10.1. The Morgan fingerprint density at radius 2 is 1.79 bits per heavy atom. The van der Waals surface area contributed by atoms with Gasteiger partial charge in [0.15, 0.2) is 4.32 Å². The van der Waals surface area contributed by atoms with Gasteiger partial charge in [-0.05, 0) is 66.7 Å². The average Bonchev–Trinajstić information content (AvgIpc) is 3.07. The number of nitrogens with zero attached hydrogens (tertiary/aromatic N) is 1. The van der Waals surface area contributed by atoms with E-state index in [1.165, 1.54) is 0 Å². The molecule has 1 saturated heterocycles. The van der Waals surface area contributed by atoms with Gasteiger partial charge >= 0.3 is 0 Å². The number of halogens is 1. The standard InChI is InChI=1S/C25H19BrN2O3S2/c1-16-6-2-3-8-19(16)15-31-21-9-5-4-7-18(21)14-22-24(30)28(25(32)33-22)27-23(29)17-10-12-20(26)13-11-17/h2-14H,15H2,1H3,(H,27,29)/b22-14+. The van der Waals surface area contributed by atoms with Gasteiger partial charge in [-0.3, -0.25) is 15.0 Å². The summed E-state index contributed by atoms with van der Waals surface area (Å²) in [6.45, 7) is 2.46. The molecule has 0 unspecified atom stereocenters. The Kier molecular flexibility index (Phi) is 7.27. The highest BCUT2D eigenvalue weighted by atomic mass is 79.9. The van der Waals surface area contributed by atoms with Gasteiger partial charge in [-0.1, -0.05) is 70.2 Å². The van der Waals surface area contributed by atoms with E-state index < -0.39 is 5.91 Å². The van der Waals surface area contributed by atoms with Gasteiger partial charge < -0.3 is 4.74 Å². The third-order valence-electron chi connectivity index (χ3n) is 4.96. The van der Waals surface area contributed by atoms with E-state index in [2.05, 4.69) is 21.4 Å². The average molecular weight is 539 g/mol. The van der Waals surface area contributed by atoms with Gasteiger partial charge in [-0.25, -0.2) is 0 Å². The van der Waals surface area contributed by atoms with Gasteiger partial charge in [0, 0.05) is 15.6 Å². The summed E-state index contributed by atoms with van der Waals surface area (Å²) >= 11 is 9.81. The first-order valence-corrected chi connectivity index (χ1v) is 12.0. The number of para-hydroxylation sites is 1. The zero-order chi connectivity index (χ0) is 23.4. The molecule has 8 heteroatoms. The van der Waals surface area contributed by atoms with Crippen LogP contribution in [0.3, 0.4) is 0 Å². The minimum Gasteiger partial charge on any atom is -0.488 e. The van der Waals surface area contributed by atoms with E-state index in [0.717, 1.165) is 37.9 Å². The van der Waals surface area contributed by atoms with E-state index in [1.54, 1.807) is 30.3 Å². The van der Waals surface area contributed by atoms with E-state index in [4.69, 9.17) is 17.0 Å². The molecule has 3 aromatic rings. The number of benzene rings is 3. The number of carbonyl (C=O) groups is 2. The van der Waals surface area contributed by atoms with E-state index in [9.17, 15) is 9.59 Å². The molecule has 1 aliphatic rings. The van der Waals surface area contributed by atoms with Crippen molar-refractivity contribution in [2.45, 2.75) is 13.5 Å². The number of thioether (sulfide) groups is 1. The van der Waals surface area contributed by atoms with Crippen LogP contribution in [0.4, 0.5) is 0 Å². The van der Waals surface area contributed by atoms with Crippen LogP contribution in [-0.2, 0) is 11.4 Å². The molecular weight excluding hydrogens is 520 g/mol. The van der Waals surface area contributed by atoms with Crippen LogP contribution in [0, 0.1) is 6.92 Å². The maximum Gasteiger partial charge on any atom is 0.285 e. The molecule has 1 N–H and O–H groups in total. The highest BCUT2D eigenvalue weighted by molar-refractivity contribution is 9.10. The molecule has 3 aromatic carbocycles. The van der Waals surface area contributed by atoms with Crippen molar-refractivity contribution in [2.75, 3.05) is 0 Å². The molecule has 0 aromatic heterocycles.